The van der Waals surface area contributed by atoms with Gasteiger partial charge in [0.1, 0.15) is 5.82 Å². The van der Waals surface area contributed by atoms with Crippen molar-refractivity contribution in [3.63, 3.8) is 0 Å². The van der Waals surface area contributed by atoms with Crippen LogP contribution in [-0.4, -0.2) is 21.0 Å². The maximum absolute atomic E-state index is 12.7. The zero-order valence-corrected chi connectivity index (χ0v) is 8.09. The standard InChI is InChI=1S/C11H7FN2O2/c12-8-3-1-7(2-4-8)9-5-13-6-10(14-9)11(15)16/h1-6H,(H,15,16). The average molecular weight is 218 g/mol. The van der Waals surface area contributed by atoms with Gasteiger partial charge >= 0.3 is 5.97 Å². The van der Waals surface area contributed by atoms with Crippen molar-refractivity contribution in [2.24, 2.45) is 0 Å². The fourth-order valence-corrected chi connectivity index (χ4v) is 1.23. The van der Waals surface area contributed by atoms with Crippen LogP contribution in [0.4, 0.5) is 4.39 Å². The molecule has 0 aliphatic rings. The molecule has 80 valence electrons. The number of aromatic carboxylic acids is 1. The van der Waals surface area contributed by atoms with Crippen LogP contribution in [0.3, 0.4) is 0 Å². The van der Waals surface area contributed by atoms with Crippen LogP contribution in [0.25, 0.3) is 11.3 Å². The van der Waals surface area contributed by atoms with Crippen molar-refractivity contribution in [2.45, 2.75) is 0 Å². The van der Waals surface area contributed by atoms with Gasteiger partial charge in [-0.05, 0) is 24.3 Å². The van der Waals surface area contributed by atoms with Gasteiger partial charge in [-0.15, -0.1) is 0 Å². The van der Waals surface area contributed by atoms with Crippen LogP contribution in [0.5, 0.6) is 0 Å². The van der Waals surface area contributed by atoms with E-state index in [0.29, 0.717) is 11.3 Å². The highest BCUT2D eigenvalue weighted by Crippen LogP contribution is 2.16. The van der Waals surface area contributed by atoms with E-state index in [-0.39, 0.29) is 11.5 Å². The van der Waals surface area contributed by atoms with Crippen LogP contribution < -0.4 is 0 Å². The predicted molar refractivity (Wildman–Crippen MR) is 54.4 cm³/mol. The fourth-order valence-electron chi connectivity index (χ4n) is 1.23. The Labute approximate surface area is 90.4 Å². The summed E-state index contributed by atoms with van der Waals surface area (Å²) in [6.07, 6.45) is 2.59. The van der Waals surface area contributed by atoms with Crippen molar-refractivity contribution in [1.29, 1.82) is 0 Å². The van der Waals surface area contributed by atoms with Gasteiger partial charge in [-0.25, -0.2) is 14.2 Å². The molecule has 16 heavy (non-hydrogen) atoms. The van der Waals surface area contributed by atoms with E-state index in [4.69, 9.17) is 5.11 Å². The summed E-state index contributed by atoms with van der Waals surface area (Å²) in [6, 6.07) is 5.60. The summed E-state index contributed by atoms with van der Waals surface area (Å²) in [4.78, 5) is 18.3. The SMILES string of the molecule is O=C(O)c1cncc(-c2ccc(F)cc2)n1. The molecule has 1 heterocycles. The number of carboxylic acids is 1. The average Bonchev–Trinajstić information content (AvgIpc) is 2.30. The fraction of sp³-hybridized carbons (Fsp3) is 0. The summed E-state index contributed by atoms with van der Waals surface area (Å²) in [5.74, 6) is -1.50. The van der Waals surface area contributed by atoms with E-state index in [1.807, 2.05) is 0 Å². The van der Waals surface area contributed by atoms with E-state index in [0.717, 1.165) is 6.20 Å². The Morgan fingerprint density at radius 2 is 1.88 bits per heavy atom. The Hall–Kier alpha value is -2.30. The number of nitrogens with zero attached hydrogens (tertiary/aromatic N) is 2. The van der Waals surface area contributed by atoms with Gasteiger partial charge < -0.3 is 5.11 Å². The van der Waals surface area contributed by atoms with Crippen molar-refractivity contribution in [2.75, 3.05) is 0 Å². The Kier molecular flexibility index (Phi) is 2.59. The van der Waals surface area contributed by atoms with Gasteiger partial charge in [-0.1, -0.05) is 0 Å². The first-order valence-electron chi connectivity index (χ1n) is 4.48. The minimum absolute atomic E-state index is 0.137. The Morgan fingerprint density at radius 3 is 2.50 bits per heavy atom. The Balaban J connectivity index is 2.44. The van der Waals surface area contributed by atoms with Crippen LogP contribution >= 0.6 is 0 Å². The van der Waals surface area contributed by atoms with Crippen LogP contribution in [-0.2, 0) is 0 Å². The third kappa shape index (κ3) is 2.03. The highest BCUT2D eigenvalue weighted by Gasteiger charge is 2.07. The van der Waals surface area contributed by atoms with Crippen LogP contribution in [0.1, 0.15) is 10.5 Å². The van der Waals surface area contributed by atoms with Crippen LogP contribution in [0.2, 0.25) is 0 Å². The lowest BCUT2D eigenvalue weighted by atomic mass is 10.1. The lowest BCUT2D eigenvalue weighted by Gasteiger charge is -2.00. The molecular weight excluding hydrogens is 211 g/mol. The topological polar surface area (TPSA) is 63.1 Å². The van der Waals surface area contributed by atoms with Gasteiger partial charge in [0.05, 0.1) is 18.1 Å². The molecule has 0 atom stereocenters. The maximum Gasteiger partial charge on any atom is 0.356 e. The van der Waals surface area contributed by atoms with Crippen LogP contribution in [0, 0.1) is 5.82 Å². The van der Waals surface area contributed by atoms with E-state index < -0.39 is 5.97 Å². The summed E-state index contributed by atoms with van der Waals surface area (Å²) >= 11 is 0. The first-order chi connectivity index (χ1) is 7.66. The zero-order chi connectivity index (χ0) is 11.5. The summed E-state index contributed by atoms with van der Waals surface area (Å²) in [5, 5.41) is 8.74. The molecule has 4 nitrogen and oxygen atoms in total. The van der Waals surface area contributed by atoms with Crippen molar-refractivity contribution in [1.82, 2.24) is 9.97 Å². The van der Waals surface area contributed by atoms with E-state index in [9.17, 15) is 9.18 Å². The zero-order valence-electron chi connectivity index (χ0n) is 8.09. The van der Waals surface area contributed by atoms with Gasteiger partial charge in [-0.2, -0.15) is 0 Å². The van der Waals surface area contributed by atoms with E-state index in [1.54, 1.807) is 0 Å². The molecule has 0 saturated carbocycles. The second-order valence-electron chi connectivity index (χ2n) is 3.10. The molecule has 0 amide bonds. The van der Waals surface area contributed by atoms with Gasteiger partial charge in [0, 0.05) is 5.56 Å². The van der Waals surface area contributed by atoms with Crippen molar-refractivity contribution in [3.8, 4) is 11.3 Å². The predicted octanol–water partition coefficient (Wildman–Crippen LogP) is 1.98. The Bertz CT molecular complexity index is 526. The molecule has 1 aromatic carbocycles. The van der Waals surface area contributed by atoms with Gasteiger partial charge in [0.15, 0.2) is 5.69 Å². The van der Waals surface area contributed by atoms with Gasteiger partial charge in [0.25, 0.3) is 0 Å². The van der Waals surface area contributed by atoms with Gasteiger partial charge in [0.2, 0.25) is 0 Å². The second kappa shape index (κ2) is 4.06. The van der Waals surface area contributed by atoms with Gasteiger partial charge in [-0.3, -0.25) is 4.98 Å². The number of aromatic nitrogens is 2. The quantitative estimate of drug-likeness (QED) is 0.837. The highest BCUT2D eigenvalue weighted by atomic mass is 19.1. The van der Waals surface area contributed by atoms with E-state index in [1.165, 1.54) is 30.5 Å². The third-order valence-electron chi connectivity index (χ3n) is 1.99. The van der Waals surface area contributed by atoms with Crippen LogP contribution in [0.15, 0.2) is 36.7 Å². The lowest BCUT2D eigenvalue weighted by molar-refractivity contribution is 0.0690. The molecule has 1 aromatic heterocycles. The molecule has 0 aliphatic carbocycles. The normalized spacial score (nSPS) is 10.1. The summed E-state index contributed by atoms with van der Waals surface area (Å²) < 4.78 is 12.7. The molecule has 0 unspecified atom stereocenters. The van der Waals surface area contributed by atoms with E-state index >= 15 is 0 Å². The highest BCUT2D eigenvalue weighted by molar-refractivity contribution is 5.85. The number of benzene rings is 1. The number of carboxylic acid groups (broad SMARTS) is 1. The third-order valence-corrected chi connectivity index (χ3v) is 1.99. The summed E-state index contributed by atoms with van der Waals surface area (Å²) in [7, 11) is 0. The lowest BCUT2D eigenvalue weighted by Crippen LogP contribution is -2.01. The van der Waals surface area contributed by atoms with Crippen molar-refractivity contribution in [3.05, 3.63) is 48.2 Å². The molecule has 0 radical (unpaired) electrons. The number of halogens is 1. The van der Waals surface area contributed by atoms with Crippen molar-refractivity contribution < 1.29 is 14.3 Å². The first kappa shape index (κ1) is 10.2. The molecule has 0 fully saturated rings. The first-order valence-corrected chi connectivity index (χ1v) is 4.48. The molecular formula is C11H7FN2O2. The summed E-state index contributed by atoms with van der Waals surface area (Å²) in [6.45, 7) is 0. The largest absolute Gasteiger partial charge is 0.476 e. The monoisotopic (exact) mass is 218 g/mol. The molecule has 1 N–H and O–H groups in total. The smallest absolute Gasteiger partial charge is 0.356 e. The number of hydrogen-bond donors (Lipinski definition) is 1. The minimum Gasteiger partial charge on any atom is -0.476 e. The number of rotatable bonds is 2. The molecule has 0 bridgehead atoms. The summed E-state index contributed by atoms with van der Waals surface area (Å²) in [5.41, 5.74) is 0.888. The molecule has 2 rings (SSSR count). The second-order valence-corrected chi connectivity index (χ2v) is 3.10. The number of hydrogen-bond acceptors (Lipinski definition) is 3. The molecule has 0 aliphatic heterocycles. The number of carbonyl (C=O) groups is 1. The Morgan fingerprint density at radius 1 is 1.19 bits per heavy atom. The molecule has 5 heteroatoms. The maximum atomic E-state index is 12.7. The van der Waals surface area contributed by atoms with E-state index in [2.05, 4.69) is 9.97 Å². The van der Waals surface area contributed by atoms with Crippen molar-refractivity contribution >= 4 is 5.97 Å². The molecule has 2 aromatic rings. The molecule has 0 spiro atoms. The molecule has 0 saturated heterocycles. The minimum atomic E-state index is -1.14.